The van der Waals surface area contributed by atoms with Gasteiger partial charge in [0, 0.05) is 48.1 Å². The quantitative estimate of drug-likeness (QED) is 0.622. The molecule has 3 aromatic rings. The fourth-order valence-electron chi connectivity index (χ4n) is 3.38. The minimum atomic E-state index is -0.922. The molecule has 27 heavy (non-hydrogen) atoms. The highest BCUT2D eigenvalue weighted by atomic mass is 16.5. The van der Waals surface area contributed by atoms with Crippen molar-refractivity contribution in [3.63, 3.8) is 0 Å². The van der Waals surface area contributed by atoms with Crippen LogP contribution >= 0.6 is 0 Å². The molecule has 0 saturated heterocycles. The summed E-state index contributed by atoms with van der Waals surface area (Å²) in [7, 11) is 0. The van der Waals surface area contributed by atoms with Crippen LogP contribution in [0.1, 0.15) is 34.3 Å². The number of rotatable bonds is 6. The molecule has 0 amide bonds. The number of benzene rings is 1. The summed E-state index contributed by atoms with van der Waals surface area (Å²) in [5.74, 6) is -0.0398. The van der Waals surface area contributed by atoms with Crippen molar-refractivity contribution in [3.8, 4) is 17.0 Å². The molecule has 2 aromatic heterocycles. The largest absolute Gasteiger partial charge is 0.488 e. The number of ether oxygens (including phenoxy) is 1. The number of hydrogen-bond donors (Lipinski definition) is 3. The first-order valence-corrected chi connectivity index (χ1v) is 8.80. The molecule has 3 N–H and O–H groups in total. The topological polar surface area (TPSA) is 100 Å². The Morgan fingerprint density at radius 2 is 2.22 bits per heavy atom. The predicted molar refractivity (Wildman–Crippen MR) is 99.8 cm³/mol. The first-order valence-electron chi connectivity index (χ1n) is 8.80. The molecule has 3 heterocycles. The van der Waals surface area contributed by atoms with Gasteiger partial charge in [0.25, 0.3) is 0 Å². The zero-order chi connectivity index (χ0) is 18.8. The van der Waals surface area contributed by atoms with E-state index in [1.807, 2.05) is 18.3 Å². The smallest absolute Gasteiger partial charge is 0.335 e. The minimum Gasteiger partial charge on any atom is -0.488 e. The number of carboxylic acid groups (broad SMARTS) is 1. The van der Waals surface area contributed by atoms with Gasteiger partial charge < -0.3 is 15.2 Å². The van der Waals surface area contributed by atoms with E-state index >= 15 is 0 Å². The molecule has 0 fully saturated rings. The Balaban J connectivity index is 1.40. The van der Waals surface area contributed by atoms with Crippen LogP contribution in [0.2, 0.25) is 0 Å². The summed E-state index contributed by atoms with van der Waals surface area (Å²) in [5, 5.41) is 19.8. The minimum absolute atomic E-state index is 0.0437. The van der Waals surface area contributed by atoms with E-state index in [2.05, 4.69) is 27.4 Å². The van der Waals surface area contributed by atoms with Gasteiger partial charge in [-0.05, 0) is 30.3 Å². The number of carbonyl (C=O) groups is 1. The van der Waals surface area contributed by atoms with Crippen LogP contribution in [0, 0.1) is 0 Å². The number of hydrogen-bond acceptors (Lipinski definition) is 5. The maximum Gasteiger partial charge on any atom is 0.335 e. The van der Waals surface area contributed by atoms with Gasteiger partial charge in [-0.2, -0.15) is 5.10 Å². The Bertz CT molecular complexity index is 955. The molecule has 7 nitrogen and oxygen atoms in total. The van der Waals surface area contributed by atoms with Crippen molar-refractivity contribution in [3.05, 3.63) is 65.6 Å². The second-order valence-corrected chi connectivity index (χ2v) is 6.65. The van der Waals surface area contributed by atoms with Crippen LogP contribution in [-0.2, 0) is 6.54 Å². The molecule has 2 atom stereocenters. The molecular weight excluding hydrogens is 344 g/mol. The summed E-state index contributed by atoms with van der Waals surface area (Å²) in [4.78, 5) is 15.3. The van der Waals surface area contributed by atoms with Crippen molar-refractivity contribution in [2.24, 2.45) is 0 Å². The molecule has 138 valence electrons. The van der Waals surface area contributed by atoms with Crippen LogP contribution in [0.15, 0.2) is 48.9 Å². The van der Waals surface area contributed by atoms with Gasteiger partial charge >= 0.3 is 5.97 Å². The van der Waals surface area contributed by atoms with Crippen molar-refractivity contribution in [1.29, 1.82) is 0 Å². The number of pyridine rings is 1. The maximum atomic E-state index is 11.2. The van der Waals surface area contributed by atoms with E-state index in [-0.39, 0.29) is 17.6 Å². The summed E-state index contributed by atoms with van der Waals surface area (Å²) < 4.78 is 6.00. The number of nitrogens with one attached hydrogen (secondary N) is 2. The summed E-state index contributed by atoms with van der Waals surface area (Å²) in [5.41, 5.74) is 4.23. The van der Waals surface area contributed by atoms with Gasteiger partial charge in [-0.25, -0.2) is 4.79 Å². The van der Waals surface area contributed by atoms with Crippen LogP contribution in [0.5, 0.6) is 5.75 Å². The summed E-state index contributed by atoms with van der Waals surface area (Å²) >= 11 is 0. The number of fused-ring (bicyclic) bond motifs is 1. The van der Waals surface area contributed by atoms with E-state index in [4.69, 9.17) is 9.84 Å². The van der Waals surface area contributed by atoms with Gasteiger partial charge in [0.05, 0.1) is 17.5 Å². The van der Waals surface area contributed by atoms with E-state index in [1.165, 1.54) is 0 Å². The Hall–Kier alpha value is -3.19. The van der Waals surface area contributed by atoms with E-state index in [9.17, 15) is 4.79 Å². The summed E-state index contributed by atoms with van der Waals surface area (Å²) in [6.45, 7) is 3.35. The number of H-pyrrole nitrogens is 1. The Morgan fingerprint density at radius 3 is 3.00 bits per heavy atom. The molecule has 0 radical (unpaired) electrons. The van der Waals surface area contributed by atoms with Crippen LogP contribution in [0.3, 0.4) is 0 Å². The number of nitrogens with zero attached hydrogens (tertiary/aromatic N) is 2. The molecule has 4 rings (SSSR count). The Labute approximate surface area is 156 Å². The highest BCUT2D eigenvalue weighted by Gasteiger charge is 2.31. The van der Waals surface area contributed by atoms with Crippen molar-refractivity contribution in [1.82, 2.24) is 20.5 Å². The van der Waals surface area contributed by atoms with Gasteiger partial charge in [-0.1, -0.05) is 6.92 Å². The standard InChI is InChI=1S/C20H20N4O3/c1-12-16-7-13(20(25)26)4-5-17(16)27-18(12)11-22-9-15-10-23-24-19(15)14-3-2-6-21-8-14/h2-8,10,12,18,22H,9,11H2,1H3,(H,23,24)(H,25,26)/t12-,18-/m0/s1. The number of carboxylic acids is 1. The van der Waals surface area contributed by atoms with E-state index in [1.54, 1.807) is 30.6 Å². The van der Waals surface area contributed by atoms with Crippen molar-refractivity contribution >= 4 is 5.97 Å². The second kappa shape index (κ2) is 7.20. The van der Waals surface area contributed by atoms with E-state index < -0.39 is 5.97 Å². The molecule has 0 spiro atoms. The Morgan fingerprint density at radius 1 is 1.33 bits per heavy atom. The maximum absolute atomic E-state index is 11.2. The van der Waals surface area contributed by atoms with Gasteiger partial charge in [0.2, 0.25) is 0 Å². The highest BCUT2D eigenvalue weighted by molar-refractivity contribution is 5.88. The lowest BCUT2D eigenvalue weighted by molar-refractivity contribution is 0.0697. The molecule has 0 aliphatic carbocycles. The average Bonchev–Trinajstić information content (AvgIpc) is 3.27. The fourth-order valence-corrected chi connectivity index (χ4v) is 3.38. The van der Waals surface area contributed by atoms with Crippen molar-refractivity contribution in [2.75, 3.05) is 6.54 Å². The third kappa shape index (κ3) is 3.41. The van der Waals surface area contributed by atoms with Gasteiger partial charge in [-0.3, -0.25) is 10.1 Å². The fraction of sp³-hybridized carbons (Fsp3) is 0.250. The van der Waals surface area contributed by atoms with E-state index in [0.717, 1.165) is 28.1 Å². The molecule has 1 aliphatic rings. The van der Waals surface area contributed by atoms with Gasteiger partial charge in [-0.15, -0.1) is 0 Å². The second-order valence-electron chi connectivity index (χ2n) is 6.65. The zero-order valence-electron chi connectivity index (χ0n) is 14.8. The number of aromatic amines is 1. The molecular formula is C20H20N4O3. The first-order chi connectivity index (χ1) is 13.1. The number of aromatic carboxylic acids is 1. The van der Waals surface area contributed by atoms with E-state index in [0.29, 0.717) is 13.1 Å². The monoisotopic (exact) mass is 364 g/mol. The van der Waals surface area contributed by atoms with Crippen LogP contribution in [0.4, 0.5) is 0 Å². The zero-order valence-corrected chi connectivity index (χ0v) is 14.8. The Kier molecular flexibility index (Phi) is 4.60. The van der Waals surface area contributed by atoms with Crippen LogP contribution in [0.25, 0.3) is 11.3 Å². The molecule has 1 aromatic carbocycles. The lowest BCUT2D eigenvalue weighted by Gasteiger charge is -2.16. The summed E-state index contributed by atoms with van der Waals surface area (Å²) in [6, 6.07) is 8.91. The molecule has 0 bridgehead atoms. The summed E-state index contributed by atoms with van der Waals surface area (Å²) in [6.07, 6.45) is 5.31. The predicted octanol–water partition coefficient (Wildman–Crippen LogP) is 2.82. The van der Waals surface area contributed by atoms with Crippen LogP contribution in [-0.4, -0.2) is 38.9 Å². The SMILES string of the molecule is C[C@H]1c2cc(C(=O)O)ccc2O[C@H]1CNCc1cn[nH]c1-c1cccnc1. The highest BCUT2D eigenvalue weighted by Crippen LogP contribution is 2.38. The average molecular weight is 364 g/mol. The van der Waals surface area contributed by atoms with Crippen molar-refractivity contribution in [2.45, 2.75) is 25.5 Å². The molecule has 0 unspecified atom stereocenters. The van der Waals surface area contributed by atoms with Crippen LogP contribution < -0.4 is 10.1 Å². The molecule has 7 heteroatoms. The molecule has 1 aliphatic heterocycles. The van der Waals surface area contributed by atoms with Gasteiger partial charge in [0.1, 0.15) is 11.9 Å². The normalized spacial score (nSPS) is 18.1. The van der Waals surface area contributed by atoms with Crippen molar-refractivity contribution < 1.29 is 14.6 Å². The lowest BCUT2D eigenvalue weighted by Crippen LogP contribution is -2.31. The lowest BCUT2D eigenvalue weighted by atomic mass is 9.96. The van der Waals surface area contributed by atoms with Gasteiger partial charge in [0.15, 0.2) is 0 Å². The molecule has 0 saturated carbocycles. The third-order valence-electron chi connectivity index (χ3n) is 4.91. The number of aromatic nitrogens is 3. The third-order valence-corrected chi connectivity index (χ3v) is 4.91. The first kappa shape index (κ1) is 17.2.